The van der Waals surface area contributed by atoms with Crippen LogP contribution in [0, 0.1) is 11.3 Å². The average molecular weight is 344 g/mol. The van der Waals surface area contributed by atoms with Crippen LogP contribution >= 0.6 is 23.2 Å². The number of carbonyl (C=O) groups is 1. The molecule has 2 fully saturated rings. The topological polar surface area (TPSA) is 38.8 Å². The monoisotopic (exact) mass is 343 g/mol. The molecule has 1 amide bonds. The summed E-state index contributed by atoms with van der Waals surface area (Å²) >= 11 is 11.9. The molecule has 0 bridgehead atoms. The molecule has 2 atom stereocenters. The summed E-state index contributed by atoms with van der Waals surface area (Å²) in [7, 11) is 1.70. The van der Waals surface area contributed by atoms with E-state index in [1.54, 1.807) is 19.2 Å². The number of nitrogens with zero attached hydrogens (tertiary/aromatic N) is 1. The fourth-order valence-corrected chi connectivity index (χ4v) is 3.77. The summed E-state index contributed by atoms with van der Waals surface area (Å²) in [5.41, 5.74) is 0.843. The van der Waals surface area contributed by atoms with Crippen LogP contribution in [0.25, 0.3) is 0 Å². The van der Waals surface area contributed by atoms with E-state index in [9.17, 15) is 4.79 Å². The van der Waals surface area contributed by atoms with Crippen molar-refractivity contribution in [3.8, 4) is 0 Å². The number of carbonyl (C=O) groups excluding carboxylic acids is 1. The first kappa shape index (κ1) is 16.1. The molecule has 2 aliphatic heterocycles. The minimum atomic E-state index is -0.0396. The van der Waals surface area contributed by atoms with Crippen molar-refractivity contribution >= 4 is 29.1 Å². The second-order valence-corrected chi connectivity index (χ2v) is 7.02. The lowest BCUT2D eigenvalue weighted by molar-refractivity contribution is -0.130. The summed E-state index contributed by atoms with van der Waals surface area (Å²) in [4.78, 5) is 14.5. The third kappa shape index (κ3) is 2.98. The molecule has 0 spiro atoms. The molecule has 1 aromatic rings. The molecule has 4 nitrogen and oxygen atoms in total. The lowest BCUT2D eigenvalue weighted by Gasteiger charge is -2.26. The highest BCUT2D eigenvalue weighted by Gasteiger charge is 2.51. The highest BCUT2D eigenvalue weighted by Crippen LogP contribution is 2.41. The van der Waals surface area contributed by atoms with E-state index in [0.717, 1.165) is 12.1 Å². The van der Waals surface area contributed by atoms with E-state index in [2.05, 4.69) is 0 Å². The summed E-state index contributed by atoms with van der Waals surface area (Å²) in [5, 5.41) is 0.985. The number of likely N-dealkylation sites (tertiary alicyclic amines) is 1. The molecule has 0 aliphatic carbocycles. The Morgan fingerprint density at radius 2 is 2.27 bits per heavy atom. The van der Waals surface area contributed by atoms with Crippen LogP contribution in [0.2, 0.25) is 10.0 Å². The standard InChI is InChI=1S/C16H19Cl2NO3/c1-21-9-16-8-19(6-12(16)7-22-10-16)15(20)5-11-2-3-13(17)14(18)4-11/h2-4,12H,5-10H2,1H3/t12-,16-/m0/s1. The zero-order valence-corrected chi connectivity index (χ0v) is 14.0. The maximum absolute atomic E-state index is 12.6. The van der Waals surface area contributed by atoms with Crippen molar-refractivity contribution < 1.29 is 14.3 Å². The number of hydrogen-bond donors (Lipinski definition) is 0. The zero-order valence-electron chi connectivity index (χ0n) is 12.5. The van der Waals surface area contributed by atoms with E-state index in [4.69, 9.17) is 32.7 Å². The third-order valence-electron chi connectivity index (χ3n) is 4.64. The maximum Gasteiger partial charge on any atom is 0.227 e. The van der Waals surface area contributed by atoms with Gasteiger partial charge in [-0.25, -0.2) is 0 Å². The van der Waals surface area contributed by atoms with Crippen molar-refractivity contribution in [1.82, 2.24) is 4.90 Å². The largest absolute Gasteiger partial charge is 0.384 e. The lowest BCUT2D eigenvalue weighted by Crippen LogP contribution is -2.37. The number of hydrogen-bond acceptors (Lipinski definition) is 3. The normalized spacial score (nSPS) is 27.2. The van der Waals surface area contributed by atoms with Gasteiger partial charge in [0.05, 0.1) is 36.3 Å². The molecule has 6 heteroatoms. The molecule has 0 radical (unpaired) electrons. The molecular weight excluding hydrogens is 325 g/mol. The van der Waals surface area contributed by atoms with Crippen molar-refractivity contribution in [2.45, 2.75) is 6.42 Å². The van der Waals surface area contributed by atoms with Gasteiger partial charge in [-0.3, -0.25) is 4.79 Å². The Hall–Kier alpha value is -0.810. The number of methoxy groups -OCH3 is 1. The van der Waals surface area contributed by atoms with Gasteiger partial charge in [0, 0.05) is 31.5 Å². The van der Waals surface area contributed by atoms with Crippen molar-refractivity contribution in [1.29, 1.82) is 0 Å². The van der Waals surface area contributed by atoms with Crippen LogP contribution in [-0.2, 0) is 20.7 Å². The van der Waals surface area contributed by atoms with Crippen molar-refractivity contribution in [2.24, 2.45) is 11.3 Å². The number of rotatable bonds is 4. The van der Waals surface area contributed by atoms with Crippen LogP contribution in [0.4, 0.5) is 0 Å². The Kier molecular flexibility index (Phi) is 4.64. The van der Waals surface area contributed by atoms with E-state index in [-0.39, 0.29) is 11.3 Å². The van der Waals surface area contributed by atoms with Gasteiger partial charge in [-0.1, -0.05) is 29.3 Å². The number of benzene rings is 1. The highest BCUT2D eigenvalue weighted by atomic mass is 35.5. The van der Waals surface area contributed by atoms with Crippen LogP contribution < -0.4 is 0 Å². The quantitative estimate of drug-likeness (QED) is 0.843. The second-order valence-electron chi connectivity index (χ2n) is 6.21. The molecule has 0 saturated carbocycles. The average Bonchev–Trinajstić information content (AvgIpc) is 3.00. The predicted octanol–water partition coefficient (Wildman–Crippen LogP) is 2.66. The molecule has 0 unspecified atom stereocenters. The van der Waals surface area contributed by atoms with Gasteiger partial charge in [0.2, 0.25) is 5.91 Å². The zero-order chi connectivity index (χ0) is 15.7. The van der Waals surface area contributed by atoms with E-state index in [1.807, 2.05) is 11.0 Å². The van der Waals surface area contributed by atoms with Crippen molar-refractivity contribution in [2.75, 3.05) is 40.0 Å². The van der Waals surface area contributed by atoms with Gasteiger partial charge < -0.3 is 14.4 Å². The lowest BCUT2D eigenvalue weighted by atomic mass is 9.82. The second kappa shape index (κ2) is 6.36. The molecule has 0 aromatic heterocycles. The van der Waals surface area contributed by atoms with Crippen LogP contribution in [-0.4, -0.2) is 50.8 Å². The number of halogens is 2. The fraction of sp³-hybridized carbons (Fsp3) is 0.562. The van der Waals surface area contributed by atoms with Crippen LogP contribution in [0.15, 0.2) is 18.2 Å². The Morgan fingerprint density at radius 3 is 3.00 bits per heavy atom. The van der Waals surface area contributed by atoms with Gasteiger partial charge in [-0.2, -0.15) is 0 Å². The summed E-state index contributed by atoms with van der Waals surface area (Å²) in [5.74, 6) is 0.480. The van der Waals surface area contributed by atoms with Crippen LogP contribution in [0.1, 0.15) is 5.56 Å². The molecule has 1 aromatic carbocycles. The molecule has 22 heavy (non-hydrogen) atoms. The summed E-state index contributed by atoms with van der Waals surface area (Å²) in [6, 6.07) is 5.33. The first-order valence-corrected chi connectivity index (χ1v) is 8.08. The maximum atomic E-state index is 12.6. The van der Waals surface area contributed by atoms with E-state index in [0.29, 0.717) is 48.7 Å². The summed E-state index contributed by atoms with van der Waals surface area (Å²) < 4.78 is 10.9. The molecule has 120 valence electrons. The predicted molar refractivity (Wildman–Crippen MR) is 85.4 cm³/mol. The van der Waals surface area contributed by atoms with Crippen LogP contribution in [0.3, 0.4) is 0 Å². The smallest absolute Gasteiger partial charge is 0.227 e. The fourth-order valence-electron chi connectivity index (χ4n) is 3.45. The van der Waals surface area contributed by atoms with Gasteiger partial charge in [0.15, 0.2) is 0 Å². The van der Waals surface area contributed by atoms with E-state index < -0.39 is 0 Å². The molecule has 2 aliphatic rings. The Balaban J connectivity index is 1.67. The molecule has 0 N–H and O–H groups in total. The Labute approximate surface area is 140 Å². The highest BCUT2D eigenvalue weighted by molar-refractivity contribution is 6.42. The number of amides is 1. The van der Waals surface area contributed by atoms with Gasteiger partial charge in [0.1, 0.15) is 0 Å². The first-order valence-electron chi connectivity index (χ1n) is 7.32. The Bertz CT molecular complexity index is 581. The number of ether oxygens (including phenoxy) is 2. The van der Waals surface area contributed by atoms with Gasteiger partial charge in [-0.15, -0.1) is 0 Å². The van der Waals surface area contributed by atoms with Gasteiger partial charge in [-0.05, 0) is 17.7 Å². The van der Waals surface area contributed by atoms with Gasteiger partial charge in [0.25, 0.3) is 0 Å². The molecule has 2 heterocycles. The molecule has 2 saturated heterocycles. The summed E-state index contributed by atoms with van der Waals surface area (Å²) in [6.07, 6.45) is 0.341. The Morgan fingerprint density at radius 1 is 1.45 bits per heavy atom. The minimum Gasteiger partial charge on any atom is -0.384 e. The van der Waals surface area contributed by atoms with Gasteiger partial charge >= 0.3 is 0 Å². The third-order valence-corrected chi connectivity index (χ3v) is 5.38. The SMILES string of the molecule is COC[C@@]12COC[C@@H]1CN(C(=O)Cc1ccc(Cl)c(Cl)c1)C2. The first-order chi connectivity index (χ1) is 10.5. The number of fused-ring (bicyclic) bond motifs is 1. The van der Waals surface area contributed by atoms with E-state index >= 15 is 0 Å². The van der Waals surface area contributed by atoms with Crippen molar-refractivity contribution in [3.63, 3.8) is 0 Å². The van der Waals surface area contributed by atoms with Crippen molar-refractivity contribution in [3.05, 3.63) is 33.8 Å². The molecule has 3 rings (SSSR count). The van der Waals surface area contributed by atoms with E-state index in [1.165, 1.54) is 0 Å². The van der Waals surface area contributed by atoms with Crippen LogP contribution in [0.5, 0.6) is 0 Å². The molecular formula is C16H19Cl2NO3. The summed E-state index contributed by atoms with van der Waals surface area (Å²) in [6.45, 7) is 3.45. The minimum absolute atomic E-state index is 0.0396.